The Morgan fingerprint density at radius 1 is 1.19 bits per heavy atom. The van der Waals surface area contributed by atoms with Gasteiger partial charge in [0.05, 0.1) is 27.9 Å². The number of hydrogen-bond acceptors (Lipinski definition) is 2. The van der Waals surface area contributed by atoms with Gasteiger partial charge in [-0.2, -0.15) is 5.26 Å². The summed E-state index contributed by atoms with van der Waals surface area (Å²) in [7, 11) is 2.11. The summed E-state index contributed by atoms with van der Waals surface area (Å²) in [5.74, 6) is 0.178. The number of nitriles is 1. The van der Waals surface area contributed by atoms with Gasteiger partial charge in [0.2, 0.25) is 5.71 Å². The minimum Gasteiger partial charge on any atom is -0.491 e. The molecule has 4 nitrogen and oxygen atoms in total. The Bertz CT molecular complexity index is 1340. The lowest BCUT2D eigenvalue weighted by Crippen LogP contribution is -2.38. The van der Waals surface area contributed by atoms with Crippen LogP contribution in [0.3, 0.4) is 0 Å². The molecular weight excluding hydrogens is 334 g/mol. The van der Waals surface area contributed by atoms with Gasteiger partial charge in [0.15, 0.2) is 6.20 Å². The van der Waals surface area contributed by atoms with Crippen LogP contribution in [0.4, 0.5) is 0 Å². The number of hydrogen-bond donors (Lipinski definition) is 0. The van der Waals surface area contributed by atoms with Crippen LogP contribution >= 0.6 is 0 Å². The summed E-state index contributed by atoms with van der Waals surface area (Å²) < 4.78 is 10.6. The van der Waals surface area contributed by atoms with Crippen molar-refractivity contribution in [3.05, 3.63) is 65.1 Å². The molecule has 1 aromatic heterocycles. The van der Waals surface area contributed by atoms with Gasteiger partial charge in [0, 0.05) is 16.8 Å². The summed E-state index contributed by atoms with van der Waals surface area (Å²) in [5.41, 5.74) is 9.01. The summed E-state index contributed by atoms with van der Waals surface area (Å²) in [6.07, 6.45) is 6.18. The van der Waals surface area contributed by atoms with Crippen molar-refractivity contribution in [3.8, 4) is 6.07 Å². The van der Waals surface area contributed by atoms with Crippen LogP contribution in [-0.4, -0.2) is 28.0 Å². The highest BCUT2D eigenvalue weighted by Gasteiger charge is 2.48. The van der Waals surface area contributed by atoms with E-state index in [1.165, 1.54) is 16.8 Å². The second-order valence-corrected chi connectivity index (χ2v) is 7.65. The van der Waals surface area contributed by atoms with Crippen molar-refractivity contribution in [2.45, 2.75) is 20.0 Å². The molecule has 27 heavy (non-hydrogen) atoms. The van der Waals surface area contributed by atoms with Gasteiger partial charge >= 0.3 is 0 Å². The average Bonchev–Trinajstić information content (AvgIpc) is 3.24. The van der Waals surface area contributed by atoms with Gasteiger partial charge in [0.1, 0.15) is 31.4 Å². The quantitative estimate of drug-likeness (QED) is 0.572. The monoisotopic (exact) mass is 352 g/mol. The third kappa shape index (κ3) is 1.53. The van der Waals surface area contributed by atoms with E-state index >= 15 is 0 Å². The molecule has 3 aromatic rings. The van der Waals surface area contributed by atoms with E-state index in [1.54, 1.807) is 0 Å². The van der Waals surface area contributed by atoms with Gasteiger partial charge in [-0.1, -0.05) is 18.2 Å². The molecular formula is C23H18N3O+. The lowest BCUT2D eigenvalue weighted by molar-refractivity contribution is -0.427. The summed E-state index contributed by atoms with van der Waals surface area (Å²) in [6.45, 7) is 4.22. The molecule has 0 bridgehead atoms. The number of fused-ring (bicyclic) bond motifs is 5. The lowest BCUT2D eigenvalue weighted by atomic mass is 9.80. The van der Waals surface area contributed by atoms with E-state index in [4.69, 9.17) is 4.74 Å². The molecule has 0 aliphatic carbocycles. The number of para-hydroxylation sites is 1. The number of benzene rings is 2. The molecule has 0 spiro atoms. The maximum absolute atomic E-state index is 9.98. The van der Waals surface area contributed by atoms with Crippen molar-refractivity contribution in [1.82, 2.24) is 4.57 Å². The zero-order valence-electron chi connectivity index (χ0n) is 15.4. The molecule has 0 saturated heterocycles. The lowest BCUT2D eigenvalue weighted by Gasteiger charge is -2.29. The van der Waals surface area contributed by atoms with E-state index in [1.807, 2.05) is 6.26 Å². The molecule has 3 aliphatic rings. The summed E-state index contributed by atoms with van der Waals surface area (Å²) in [5, 5.41) is 12.2. The van der Waals surface area contributed by atoms with E-state index in [0.29, 0.717) is 0 Å². The van der Waals surface area contributed by atoms with Gasteiger partial charge in [-0.05, 0) is 31.0 Å². The fourth-order valence-electron chi connectivity index (χ4n) is 5.15. The second-order valence-electron chi connectivity index (χ2n) is 7.65. The highest BCUT2D eigenvalue weighted by Crippen LogP contribution is 2.48. The maximum atomic E-state index is 9.98. The van der Waals surface area contributed by atoms with Gasteiger partial charge in [0.25, 0.3) is 0 Å². The zero-order chi connectivity index (χ0) is 18.4. The van der Waals surface area contributed by atoms with Crippen molar-refractivity contribution in [2.75, 3.05) is 7.05 Å². The van der Waals surface area contributed by atoms with Crippen LogP contribution in [-0.2, 0) is 4.74 Å². The number of nitrogens with zero attached hydrogens (tertiary/aromatic N) is 3. The minimum atomic E-state index is 0.0333. The van der Waals surface area contributed by atoms with Crippen LogP contribution in [0.1, 0.15) is 22.3 Å². The van der Waals surface area contributed by atoms with Gasteiger partial charge in [-0.25, -0.2) is 4.58 Å². The van der Waals surface area contributed by atoms with E-state index in [2.05, 4.69) is 72.6 Å². The first-order chi connectivity index (χ1) is 13.1. The molecule has 2 atom stereocenters. The van der Waals surface area contributed by atoms with E-state index < -0.39 is 0 Å². The molecule has 0 fully saturated rings. The molecule has 0 amide bonds. The molecule has 4 heterocycles. The first kappa shape index (κ1) is 14.8. The van der Waals surface area contributed by atoms with Crippen molar-refractivity contribution in [1.29, 1.82) is 5.26 Å². The van der Waals surface area contributed by atoms with Crippen LogP contribution in [0.5, 0.6) is 0 Å². The Labute approximate surface area is 156 Å². The van der Waals surface area contributed by atoms with Gasteiger partial charge in [-0.3, -0.25) is 0 Å². The Balaban J connectivity index is 1.98. The van der Waals surface area contributed by atoms with Crippen LogP contribution in [0.2, 0.25) is 0 Å². The Morgan fingerprint density at radius 3 is 2.81 bits per heavy atom. The minimum absolute atomic E-state index is 0.0333. The SMILES string of the molecule is Cc1c(C)c2c3c(c1C#N)c1ccccc1n3C1=COC3C=C[N+](C)=C2C13. The summed E-state index contributed by atoms with van der Waals surface area (Å²) in [6, 6.07) is 10.9. The highest BCUT2D eigenvalue weighted by molar-refractivity contribution is 6.25. The molecule has 130 valence electrons. The number of rotatable bonds is 0. The van der Waals surface area contributed by atoms with Crippen molar-refractivity contribution < 1.29 is 9.31 Å². The third-order valence-electron chi connectivity index (χ3n) is 6.47. The Kier molecular flexibility index (Phi) is 2.57. The van der Waals surface area contributed by atoms with E-state index in [9.17, 15) is 5.26 Å². The molecule has 2 unspecified atom stereocenters. The van der Waals surface area contributed by atoms with Crippen LogP contribution in [0.15, 0.2) is 42.8 Å². The Hall–Kier alpha value is -3.32. The first-order valence-corrected chi connectivity index (χ1v) is 9.24. The molecule has 6 rings (SSSR count). The normalized spacial score (nSPS) is 22.1. The molecule has 0 saturated carbocycles. The predicted molar refractivity (Wildman–Crippen MR) is 106 cm³/mol. The molecule has 4 heteroatoms. The average molecular weight is 352 g/mol. The van der Waals surface area contributed by atoms with Crippen LogP contribution < -0.4 is 0 Å². The maximum Gasteiger partial charge on any atom is 0.204 e. The summed E-state index contributed by atoms with van der Waals surface area (Å²) >= 11 is 0. The largest absolute Gasteiger partial charge is 0.491 e. The van der Waals surface area contributed by atoms with Crippen LogP contribution in [0, 0.1) is 31.1 Å². The molecule has 2 aromatic carbocycles. The zero-order valence-corrected chi connectivity index (χ0v) is 15.4. The molecule has 0 N–H and O–H groups in total. The number of ether oxygens (including phenoxy) is 1. The van der Waals surface area contributed by atoms with Crippen molar-refractivity contribution >= 4 is 33.2 Å². The fourth-order valence-corrected chi connectivity index (χ4v) is 5.15. The fraction of sp³-hybridized carbons (Fsp3) is 0.217. The van der Waals surface area contributed by atoms with E-state index in [0.717, 1.165) is 38.6 Å². The van der Waals surface area contributed by atoms with Crippen molar-refractivity contribution in [3.63, 3.8) is 0 Å². The third-order valence-corrected chi connectivity index (χ3v) is 6.47. The van der Waals surface area contributed by atoms with Gasteiger partial charge in [-0.15, -0.1) is 0 Å². The van der Waals surface area contributed by atoms with E-state index in [-0.39, 0.29) is 12.0 Å². The van der Waals surface area contributed by atoms with Crippen molar-refractivity contribution in [2.24, 2.45) is 5.92 Å². The van der Waals surface area contributed by atoms with Gasteiger partial charge < -0.3 is 9.30 Å². The van der Waals surface area contributed by atoms with Crippen LogP contribution in [0.25, 0.3) is 27.5 Å². The predicted octanol–water partition coefficient (Wildman–Crippen LogP) is 4.07. The second kappa shape index (κ2) is 4.69. The highest BCUT2D eigenvalue weighted by atomic mass is 16.5. The first-order valence-electron chi connectivity index (χ1n) is 9.24. The molecule has 3 aliphatic heterocycles. The Morgan fingerprint density at radius 2 is 2.00 bits per heavy atom. The molecule has 0 radical (unpaired) electrons. The topological polar surface area (TPSA) is 41.0 Å². The smallest absolute Gasteiger partial charge is 0.204 e. The summed E-state index contributed by atoms with van der Waals surface area (Å²) in [4.78, 5) is 0. The number of aromatic nitrogens is 1. The standard InChI is InChI=1S/C23H18N3O/c1-12-13(2)19-22-21-17(11-27-18(21)8-9-25(22)3)26-16-7-5-4-6-14(16)20(23(19)26)15(12)10-24/h4-9,11,18,21H,1-3H3/q+1.